The average molecular weight is 327 g/mol. The highest BCUT2D eigenvalue weighted by molar-refractivity contribution is 6.18. The number of alkyl halides is 1. The summed E-state index contributed by atoms with van der Waals surface area (Å²) in [6, 6.07) is -0.459. The molecular weight excluding hydrogens is 304 g/mol. The largest absolute Gasteiger partial charge is 0.388 e. The molecule has 124 valence electrons. The summed E-state index contributed by atoms with van der Waals surface area (Å²) in [5.74, 6) is 0.257. The molecule has 21 heavy (non-hydrogen) atoms. The van der Waals surface area contributed by atoms with Crippen molar-refractivity contribution in [3.63, 3.8) is 0 Å². The molecule has 2 amide bonds. The number of hydrogen-bond acceptors (Lipinski definition) is 6. The second-order valence-electron chi connectivity index (χ2n) is 4.73. The number of amides is 2. The van der Waals surface area contributed by atoms with E-state index < -0.39 is 30.6 Å². The van der Waals surface area contributed by atoms with Crippen LogP contribution in [0.15, 0.2) is 0 Å². The van der Waals surface area contributed by atoms with E-state index in [0.29, 0.717) is 13.0 Å². The van der Waals surface area contributed by atoms with Crippen molar-refractivity contribution in [1.29, 1.82) is 0 Å². The van der Waals surface area contributed by atoms with E-state index in [4.69, 9.17) is 21.1 Å². The number of nitrogens with one attached hydrogen (secondary N) is 1. The number of rotatable bonds is 7. The van der Waals surface area contributed by atoms with Gasteiger partial charge in [0.25, 0.3) is 0 Å². The van der Waals surface area contributed by atoms with Crippen LogP contribution < -0.4 is 5.32 Å². The fourth-order valence-electron chi connectivity index (χ4n) is 2.04. The van der Waals surface area contributed by atoms with Gasteiger partial charge in [0.15, 0.2) is 6.23 Å². The Hall–Kier alpha value is -0.640. The van der Waals surface area contributed by atoms with E-state index in [1.807, 2.05) is 0 Å². The number of nitrogens with zero attached hydrogens (tertiary/aromatic N) is 1. The molecule has 9 heteroatoms. The molecule has 4 atom stereocenters. The molecule has 0 spiro atoms. The summed E-state index contributed by atoms with van der Waals surface area (Å²) in [7, 11) is 1.55. The SMILES string of the molecule is COCCCN(C(=O)NCCCl)[C@@H]1OC[C@@H](O)[C@@H](O)[C@@H]1O. The second-order valence-corrected chi connectivity index (χ2v) is 5.11. The molecule has 8 nitrogen and oxygen atoms in total. The smallest absolute Gasteiger partial charge is 0.319 e. The molecular formula is C12H23ClN2O6. The molecule has 0 bridgehead atoms. The topological polar surface area (TPSA) is 111 Å². The molecule has 0 aromatic rings. The molecule has 0 unspecified atom stereocenters. The van der Waals surface area contributed by atoms with Crippen molar-refractivity contribution in [2.24, 2.45) is 0 Å². The van der Waals surface area contributed by atoms with E-state index in [1.165, 1.54) is 4.90 Å². The summed E-state index contributed by atoms with van der Waals surface area (Å²) in [6.45, 7) is 0.821. The van der Waals surface area contributed by atoms with Crippen LogP contribution in [-0.4, -0.2) is 90.1 Å². The van der Waals surface area contributed by atoms with Crippen LogP contribution in [-0.2, 0) is 9.47 Å². The maximum absolute atomic E-state index is 12.1. The standard InChI is InChI=1S/C12H23ClN2O6/c1-20-6-2-5-15(12(19)14-4-3-13)11-10(18)9(17)8(16)7-21-11/h8-11,16-18H,2-7H2,1H3,(H,14,19)/t8-,9-,10+,11-/m1/s1. The molecule has 0 aromatic carbocycles. The first-order valence-corrected chi connectivity index (χ1v) is 7.31. The van der Waals surface area contributed by atoms with Crippen LogP contribution in [0.1, 0.15) is 6.42 Å². The summed E-state index contributed by atoms with van der Waals surface area (Å²) in [5, 5.41) is 31.7. The first-order valence-electron chi connectivity index (χ1n) is 6.78. The second kappa shape index (κ2) is 9.39. The van der Waals surface area contributed by atoms with Gasteiger partial charge in [-0.3, -0.25) is 4.90 Å². The van der Waals surface area contributed by atoms with E-state index in [0.717, 1.165) is 0 Å². The lowest BCUT2D eigenvalue weighted by molar-refractivity contribution is -0.219. The monoisotopic (exact) mass is 326 g/mol. The van der Waals surface area contributed by atoms with Crippen molar-refractivity contribution in [2.45, 2.75) is 31.0 Å². The molecule has 1 saturated heterocycles. The fourth-order valence-corrected chi connectivity index (χ4v) is 2.14. The summed E-state index contributed by atoms with van der Waals surface area (Å²) < 4.78 is 10.2. The Labute approximate surface area is 128 Å². The predicted octanol–water partition coefficient (Wildman–Crippen LogP) is -1.29. The lowest BCUT2D eigenvalue weighted by atomic mass is 10.0. The van der Waals surface area contributed by atoms with Crippen LogP contribution in [0.3, 0.4) is 0 Å². The first kappa shape index (κ1) is 18.4. The highest BCUT2D eigenvalue weighted by atomic mass is 35.5. The zero-order valence-electron chi connectivity index (χ0n) is 11.9. The minimum absolute atomic E-state index is 0.160. The number of halogens is 1. The van der Waals surface area contributed by atoms with Gasteiger partial charge in [0.1, 0.15) is 18.3 Å². The molecule has 0 saturated carbocycles. The van der Waals surface area contributed by atoms with Gasteiger partial charge in [-0.2, -0.15) is 0 Å². The number of carbonyl (C=O) groups is 1. The number of carbonyl (C=O) groups excluding carboxylic acids is 1. The Morgan fingerprint density at radius 1 is 1.43 bits per heavy atom. The van der Waals surface area contributed by atoms with Crippen LogP contribution >= 0.6 is 11.6 Å². The van der Waals surface area contributed by atoms with Crippen molar-refractivity contribution in [3.8, 4) is 0 Å². The number of hydrogen-bond donors (Lipinski definition) is 4. The molecule has 0 radical (unpaired) electrons. The lowest BCUT2D eigenvalue weighted by Gasteiger charge is -2.41. The molecule has 1 aliphatic heterocycles. The molecule has 4 N–H and O–H groups in total. The molecule has 0 aromatic heterocycles. The summed E-state index contributed by atoms with van der Waals surface area (Å²) in [4.78, 5) is 13.4. The van der Waals surface area contributed by atoms with Crippen molar-refractivity contribution in [1.82, 2.24) is 10.2 Å². The quantitative estimate of drug-likeness (QED) is 0.342. The average Bonchev–Trinajstić information content (AvgIpc) is 2.48. The van der Waals surface area contributed by atoms with E-state index in [2.05, 4.69) is 5.32 Å². The zero-order valence-corrected chi connectivity index (χ0v) is 12.7. The maximum Gasteiger partial charge on any atom is 0.319 e. The van der Waals surface area contributed by atoms with Gasteiger partial charge in [-0.05, 0) is 6.42 Å². The van der Waals surface area contributed by atoms with Crippen LogP contribution in [0, 0.1) is 0 Å². The van der Waals surface area contributed by atoms with Crippen LogP contribution in [0.2, 0.25) is 0 Å². The summed E-state index contributed by atoms with van der Waals surface area (Å²) >= 11 is 5.53. The minimum atomic E-state index is -1.39. The molecule has 1 rings (SSSR count). The Bertz CT molecular complexity index is 322. The first-order chi connectivity index (χ1) is 10.0. The summed E-state index contributed by atoms with van der Waals surface area (Å²) in [5.41, 5.74) is 0. The van der Waals surface area contributed by atoms with Gasteiger partial charge in [-0.1, -0.05) is 0 Å². The van der Waals surface area contributed by atoms with Gasteiger partial charge in [0, 0.05) is 32.7 Å². The van der Waals surface area contributed by atoms with E-state index in [-0.39, 0.29) is 25.6 Å². The lowest BCUT2D eigenvalue weighted by Crippen LogP contribution is -2.61. The number of ether oxygens (including phenoxy) is 2. The maximum atomic E-state index is 12.1. The van der Waals surface area contributed by atoms with E-state index in [1.54, 1.807) is 7.11 Å². The van der Waals surface area contributed by atoms with Gasteiger partial charge >= 0.3 is 6.03 Å². The van der Waals surface area contributed by atoms with Gasteiger partial charge in [0.05, 0.1) is 6.61 Å². The highest BCUT2D eigenvalue weighted by Crippen LogP contribution is 2.19. The van der Waals surface area contributed by atoms with Crippen molar-refractivity contribution in [2.75, 3.05) is 39.3 Å². The molecule has 1 aliphatic rings. The number of aliphatic hydroxyl groups is 3. The van der Waals surface area contributed by atoms with Crippen LogP contribution in [0.25, 0.3) is 0 Å². The number of urea groups is 1. The Morgan fingerprint density at radius 2 is 2.14 bits per heavy atom. The fraction of sp³-hybridized carbons (Fsp3) is 0.917. The number of methoxy groups -OCH3 is 1. The zero-order chi connectivity index (χ0) is 15.8. The molecule has 0 aliphatic carbocycles. The Kier molecular flexibility index (Phi) is 8.23. The van der Waals surface area contributed by atoms with Crippen molar-refractivity contribution in [3.05, 3.63) is 0 Å². The van der Waals surface area contributed by atoms with Gasteiger partial charge < -0.3 is 30.1 Å². The Morgan fingerprint density at radius 3 is 2.76 bits per heavy atom. The van der Waals surface area contributed by atoms with Crippen LogP contribution in [0.5, 0.6) is 0 Å². The third kappa shape index (κ3) is 5.24. The van der Waals surface area contributed by atoms with Gasteiger partial charge in [0.2, 0.25) is 0 Å². The molecule has 1 heterocycles. The Balaban J connectivity index is 2.71. The third-order valence-corrected chi connectivity index (χ3v) is 3.35. The summed E-state index contributed by atoms with van der Waals surface area (Å²) in [6.07, 6.45) is -4.43. The van der Waals surface area contributed by atoms with Crippen LogP contribution in [0.4, 0.5) is 4.79 Å². The van der Waals surface area contributed by atoms with Crippen molar-refractivity contribution < 1.29 is 29.6 Å². The minimum Gasteiger partial charge on any atom is -0.388 e. The van der Waals surface area contributed by atoms with E-state index >= 15 is 0 Å². The highest BCUT2D eigenvalue weighted by Gasteiger charge is 2.41. The molecule has 1 fully saturated rings. The predicted molar refractivity (Wildman–Crippen MR) is 75.1 cm³/mol. The van der Waals surface area contributed by atoms with Crippen molar-refractivity contribution >= 4 is 17.6 Å². The van der Waals surface area contributed by atoms with Gasteiger partial charge in [-0.15, -0.1) is 11.6 Å². The third-order valence-electron chi connectivity index (χ3n) is 3.16. The van der Waals surface area contributed by atoms with Gasteiger partial charge in [-0.25, -0.2) is 4.79 Å². The van der Waals surface area contributed by atoms with E-state index in [9.17, 15) is 20.1 Å². The normalized spacial score (nSPS) is 29.2. The number of aliphatic hydroxyl groups excluding tert-OH is 3.